The number of oxime groups is 1. The highest BCUT2D eigenvalue weighted by atomic mass is 16.7. The summed E-state index contributed by atoms with van der Waals surface area (Å²) in [7, 11) is 0. The van der Waals surface area contributed by atoms with E-state index in [0.29, 0.717) is 0 Å². The van der Waals surface area contributed by atoms with Crippen molar-refractivity contribution in [3.05, 3.63) is 47.5 Å². The lowest BCUT2D eigenvalue weighted by atomic mass is 10.1. The first-order chi connectivity index (χ1) is 14.4. The molecule has 158 valence electrons. The van der Waals surface area contributed by atoms with Crippen LogP contribution in [0.1, 0.15) is 20.7 Å². The van der Waals surface area contributed by atoms with Crippen LogP contribution in [0.3, 0.4) is 0 Å². The smallest absolute Gasteiger partial charge is 0.255 e. The van der Waals surface area contributed by atoms with E-state index in [1.165, 1.54) is 36.4 Å². The third kappa shape index (κ3) is 4.46. The second kappa shape index (κ2) is 8.90. The Kier molecular flexibility index (Phi) is 6.11. The molecule has 2 aromatic rings. The Morgan fingerprint density at radius 3 is 2.23 bits per heavy atom. The Balaban J connectivity index is 1.50. The molecule has 0 spiro atoms. The van der Waals surface area contributed by atoms with Crippen LogP contribution in [-0.2, 0) is 9.57 Å². The molecule has 0 bridgehead atoms. The lowest BCUT2D eigenvalue weighted by Gasteiger charge is -2.15. The number of ether oxygens (including phenoxy) is 1. The molecule has 1 aliphatic heterocycles. The first-order valence-corrected chi connectivity index (χ1v) is 8.82. The lowest BCUT2D eigenvalue weighted by molar-refractivity contribution is 0.0918. The molecule has 0 saturated heterocycles. The number of benzene rings is 2. The minimum atomic E-state index is -0.731. The van der Waals surface area contributed by atoms with Crippen molar-refractivity contribution in [2.45, 2.75) is 6.04 Å². The van der Waals surface area contributed by atoms with Crippen molar-refractivity contribution < 1.29 is 39.6 Å². The number of phenols is 4. The van der Waals surface area contributed by atoms with Gasteiger partial charge in [0.2, 0.25) is 0 Å². The topological polar surface area (TPSA) is 170 Å². The molecule has 0 aromatic heterocycles. The van der Waals surface area contributed by atoms with E-state index < -0.39 is 40.9 Å². The standard InChI is InChI=1S/C19H19N3O8/c23-13-5-1-3-10(15(13)25)17(27)20-7-8-29-19-12(9-30-22-19)21-18(28)11-4-2-6-14(24)16(11)26/h1-6,12,23-26H,7-9H2,(H,20,27)(H,21,28)/t12-/m1/s1. The van der Waals surface area contributed by atoms with Gasteiger partial charge in [-0.2, -0.15) is 0 Å². The molecule has 0 fully saturated rings. The van der Waals surface area contributed by atoms with Crippen LogP contribution in [0.5, 0.6) is 23.0 Å². The van der Waals surface area contributed by atoms with Crippen LogP contribution >= 0.6 is 0 Å². The number of aromatic hydroxyl groups is 4. The average Bonchev–Trinajstić information content (AvgIpc) is 3.16. The summed E-state index contributed by atoms with van der Waals surface area (Å²) in [6.45, 7) is 0.0302. The lowest BCUT2D eigenvalue weighted by Crippen LogP contribution is -2.42. The van der Waals surface area contributed by atoms with Crippen molar-refractivity contribution >= 4 is 17.7 Å². The molecule has 3 rings (SSSR count). The monoisotopic (exact) mass is 417 g/mol. The highest BCUT2D eigenvalue weighted by Gasteiger charge is 2.28. The van der Waals surface area contributed by atoms with Crippen molar-refractivity contribution in [2.75, 3.05) is 19.8 Å². The number of hydrogen-bond acceptors (Lipinski definition) is 9. The third-order valence-corrected chi connectivity index (χ3v) is 4.16. The van der Waals surface area contributed by atoms with Crippen LogP contribution in [0.15, 0.2) is 41.6 Å². The first kappa shape index (κ1) is 20.6. The number of para-hydroxylation sites is 2. The molecule has 0 unspecified atom stereocenters. The summed E-state index contributed by atoms with van der Waals surface area (Å²) in [5.41, 5.74) is -0.216. The van der Waals surface area contributed by atoms with Gasteiger partial charge in [0.1, 0.15) is 19.3 Å². The molecule has 2 aromatic carbocycles. The zero-order valence-electron chi connectivity index (χ0n) is 15.5. The Labute approximate surface area is 170 Å². The van der Waals surface area contributed by atoms with Gasteiger partial charge in [0.25, 0.3) is 17.7 Å². The molecular formula is C19H19N3O8. The molecule has 0 saturated carbocycles. The van der Waals surface area contributed by atoms with Gasteiger partial charge in [0.15, 0.2) is 23.0 Å². The van der Waals surface area contributed by atoms with E-state index >= 15 is 0 Å². The molecule has 2 amide bonds. The van der Waals surface area contributed by atoms with Crippen LogP contribution in [-0.4, -0.2) is 63.9 Å². The number of carbonyl (C=O) groups excluding carboxylic acids is 2. The van der Waals surface area contributed by atoms with Gasteiger partial charge >= 0.3 is 0 Å². The van der Waals surface area contributed by atoms with E-state index in [0.717, 1.165) is 0 Å². The minimum Gasteiger partial charge on any atom is -0.504 e. The molecule has 0 radical (unpaired) electrons. The maximum atomic E-state index is 12.3. The van der Waals surface area contributed by atoms with Crippen LogP contribution in [0.2, 0.25) is 0 Å². The fourth-order valence-corrected chi connectivity index (χ4v) is 2.62. The van der Waals surface area contributed by atoms with Crippen molar-refractivity contribution in [1.82, 2.24) is 10.6 Å². The molecule has 1 aliphatic rings. The summed E-state index contributed by atoms with van der Waals surface area (Å²) >= 11 is 0. The Morgan fingerprint density at radius 2 is 1.60 bits per heavy atom. The molecule has 6 N–H and O–H groups in total. The first-order valence-electron chi connectivity index (χ1n) is 8.82. The average molecular weight is 417 g/mol. The summed E-state index contributed by atoms with van der Waals surface area (Å²) in [4.78, 5) is 29.3. The number of carbonyl (C=O) groups is 2. The highest BCUT2D eigenvalue weighted by Crippen LogP contribution is 2.28. The normalized spacial score (nSPS) is 15.1. The Hall–Kier alpha value is -4.15. The fraction of sp³-hybridized carbons (Fsp3) is 0.211. The van der Waals surface area contributed by atoms with Crippen LogP contribution in [0.4, 0.5) is 0 Å². The van der Waals surface area contributed by atoms with Gasteiger partial charge in [-0.1, -0.05) is 12.1 Å². The second-order valence-electron chi connectivity index (χ2n) is 6.20. The van der Waals surface area contributed by atoms with Gasteiger partial charge in [-0.25, -0.2) is 0 Å². The molecule has 1 atom stereocenters. The summed E-state index contributed by atoms with van der Waals surface area (Å²) in [6, 6.07) is 7.28. The highest BCUT2D eigenvalue weighted by molar-refractivity contribution is 6.00. The number of amides is 2. The number of rotatable bonds is 6. The van der Waals surface area contributed by atoms with Gasteiger partial charge in [0.05, 0.1) is 17.7 Å². The number of phenolic OH excluding ortho intramolecular Hbond substituents is 4. The molecule has 0 aliphatic carbocycles. The van der Waals surface area contributed by atoms with E-state index in [1.54, 1.807) is 0 Å². The van der Waals surface area contributed by atoms with Crippen LogP contribution in [0, 0.1) is 0 Å². The van der Waals surface area contributed by atoms with E-state index in [2.05, 4.69) is 15.8 Å². The van der Waals surface area contributed by atoms with Crippen LogP contribution < -0.4 is 10.6 Å². The number of nitrogens with zero attached hydrogens (tertiary/aromatic N) is 1. The fourth-order valence-electron chi connectivity index (χ4n) is 2.62. The zero-order valence-corrected chi connectivity index (χ0v) is 15.5. The summed E-state index contributed by atoms with van der Waals surface area (Å²) < 4.78 is 5.42. The van der Waals surface area contributed by atoms with Crippen LogP contribution in [0.25, 0.3) is 0 Å². The van der Waals surface area contributed by atoms with Crippen molar-refractivity contribution in [1.29, 1.82) is 0 Å². The van der Waals surface area contributed by atoms with E-state index in [9.17, 15) is 30.0 Å². The van der Waals surface area contributed by atoms with Crippen molar-refractivity contribution in [3.8, 4) is 23.0 Å². The molecule has 1 heterocycles. The van der Waals surface area contributed by atoms with Gasteiger partial charge in [-0.15, -0.1) is 0 Å². The quantitative estimate of drug-likeness (QED) is 0.290. The largest absolute Gasteiger partial charge is 0.504 e. The van der Waals surface area contributed by atoms with E-state index in [4.69, 9.17) is 9.57 Å². The molecule has 30 heavy (non-hydrogen) atoms. The maximum Gasteiger partial charge on any atom is 0.255 e. The van der Waals surface area contributed by atoms with Gasteiger partial charge in [-0.3, -0.25) is 9.59 Å². The van der Waals surface area contributed by atoms with Gasteiger partial charge in [0, 0.05) is 0 Å². The summed E-state index contributed by atoms with van der Waals surface area (Å²) in [6.07, 6.45) is 0. The Morgan fingerprint density at radius 1 is 1.00 bits per heavy atom. The zero-order chi connectivity index (χ0) is 21.7. The van der Waals surface area contributed by atoms with Gasteiger partial charge in [-0.05, 0) is 29.4 Å². The van der Waals surface area contributed by atoms with Gasteiger partial charge < -0.3 is 40.6 Å². The second-order valence-corrected chi connectivity index (χ2v) is 6.20. The molecule has 11 heteroatoms. The maximum absolute atomic E-state index is 12.3. The number of hydrogen-bond donors (Lipinski definition) is 6. The summed E-state index contributed by atoms with van der Waals surface area (Å²) in [5.74, 6) is -3.12. The van der Waals surface area contributed by atoms with Crippen molar-refractivity contribution in [2.24, 2.45) is 5.16 Å². The third-order valence-electron chi connectivity index (χ3n) is 4.16. The van der Waals surface area contributed by atoms with Crippen molar-refractivity contribution in [3.63, 3.8) is 0 Å². The van der Waals surface area contributed by atoms with E-state index in [-0.39, 0.29) is 36.8 Å². The predicted octanol–water partition coefficient (Wildman–Crippen LogP) is 0.398. The molecule has 11 nitrogen and oxygen atoms in total. The number of nitrogens with one attached hydrogen (secondary N) is 2. The SMILES string of the molecule is O=C(NCCOC1=NOC[C@H]1NC(=O)c1cccc(O)c1O)c1cccc(O)c1O. The minimum absolute atomic E-state index is 0.00414. The molecular weight excluding hydrogens is 398 g/mol. The Bertz CT molecular complexity index is 992. The van der Waals surface area contributed by atoms with E-state index in [1.807, 2.05) is 0 Å². The summed E-state index contributed by atoms with van der Waals surface area (Å²) in [5, 5.41) is 47.2. The predicted molar refractivity (Wildman–Crippen MR) is 102 cm³/mol.